The molecule has 354 valence electrons. The van der Waals surface area contributed by atoms with E-state index in [1.165, 1.54) is 12.1 Å². The molecule has 0 aromatic heterocycles. The summed E-state index contributed by atoms with van der Waals surface area (Å²) in [4.78, 5) is 17.2. The van der Waals surface area contributed by atoms with Gasteiger partial charge in [0.2, 0.25) is 11.6 Å². The van der Waals surface area contributed by atoms with Crippen molar-refractivity contribution in [2.24, 2.45) is 0 Å². The highest BCUT2D eigenvalue weighted by Gasteiger charge is 2.53. The van der Waals surface area contributed by atoms with Gasteiger partial charge in [-0.2, -0.15) is 8.91 Å². The maximum absolute atomic E-state index is 12.2. The highest BCUT2D eigenvalue weighted by molar-refractivity contribution is 7.94. The van der Waals surface area contributed by atoms with Crippen LogP contribution in [0.5, 0.6) is 0 Å². The molecule has 4 aliphatic heterocycles. The number of unbranched alkanes of at least 4 members (excludes halogenated alkanes) is 2. The van der Waals surface area contributed by atoms with Crippen LogP contribution in [0.1, 0.15) is 91.7 Å². The highest BCUT2D eigenvalue weighted by atomic mass is 32.2. The second-order valence-corrected chi connectivity index (χ2v) is 20.5. The first-order chi connectivity index (χ1) is 28.3. The number of likely N-dealkylation sites (tertiary alicyclic amines) is 2. The molecule has 0 atom stereocenters. The van der Waals surface area contributed by atoms with E-state index in [9.17, 15) is 49.0 Å². The summed E-state index contributed by atoms with van der Waals surface area (Å²) in [5.74, 6) is -1.49. The van der Waals surface area contributed by atoms with E-state index in [2.05, 4.69) is 31.5 Å². The number of fused-ring (bicyclic) bond motifs is 4. The summed E-state index contributed by atoms with van der Waals surface area (Å²) in [6, 6.07) is 9.88. The van der Waals surface area contributed by atoms with Gasteiger partial charge in [0.25, 0.3) is 0 Å². The van der Waals surface area contributed by atoms with Gasteiger partial charge >= 0.3 is 0 Å². The van der Waals surface area contributed by atoms with Crippen LogP contribution in [0.4, 0.5) is 11.4 Å². The van der Waals surface area contributed by atoms with Gasteiger partial charge in [0.05, 0.1) is 34.1 Å². The first-order valence-corrected chi connectivity index (χ1v) is 25.0. The molecular formula is C40H58N5O13S5-3. The van der Waals surface area contributed by atoms with Crippen LogP contribution in [0, 0.1) is 0 Å². The van der Waals surface area contributed by atoms with E-state index < -0.39 is 52.9 Å². The maximum atomic E-state index is 12.2. The van der Waals surface area contributed by atoms with E-state index in [0.29, 0.717) is 74.2 Å². The molecule has 0 unspecified atom stereocenters. The Morgan fingerprint density at radius 2 is 1.46 bits per heavy atom. The van der Waals surface area contributed by atoms with E-state index in [4.69, 9.17) is 0 Å². The average Bonchev–Trinajstić information content (AvgIpc) is 3.58. The Hall–Kier alpha value is -2.91. The van der Waals surface area contributed by atoms with Crippen molar-refractivity contribution in [2.75, 3.05) is 55.9 Å². The van der Waals surface area contributed by atoms with Gasteiger partial charge in [-0.3, -0.25) is 19.6 Å². The summed E-state index contributed by atoms with van der Waals surface area (Å²) in [5.41, 5.74) is 3.25. The van der Waals surface area contributed by atoms with Crippen molar-refractivity contribution in [3.8, 4) is 0 Å². The molecule has 2 fully saturated rings. The van der Waals surface area contributed by atoms with Gasteiger partial charge in [-0.1, -0.05) is 41.2 Å². The third kappa shape index (κ3) is 12.3. The molecule has 2 aromatic rings. The summed E-state index contributed by atoms with van der Waals surface area (Å²) in [7, 11) is -13.9. The molecule has 0 saturated carbocycles. The van der Waals surface area contributed by atoms with Crippen LogP contribution < -0.4 is 14.9 Å². The number of hydrogen-bond acceptors (Lipinski definition) is 18. The van der Waals surface area contributed by atoms with Crippen LogP contribution in [0.3, 0.4) is 0 Å². The molecule has 0 aliphatic carbocycles. The summed E-state index contributed by atoms with van der Waals surface area (Å²) < 4.78 is 116. The predicted molar refractivity (Wildman–Crippen MR) is 239 cm³/mol. The Morgan fingerprint density at radius 1 is 0.857 bits per heavy atom. The number of nitrogens with zero attached hydrogens (tertiary/aromatic N) is 4. The SMILES string of the molecule is C.C.C.CCN1C(=CC=CC2=[N+](CCCCCC(=O)NS)c3ccc(SOO[O-])cc3C23CCN(CS(=O)(=O)[O-])CC3)C2(CCN(CS(=O)(=O)[O-])CC2)c2cc(S(=O)(=O)[O-])ccc21. The van der Waals surface area contributed by atoms with Crippen molar-refractivity contribution < 1.29 is 62.9 Å². The molecule has 23 heteroatoms. The number of carbonyl (C=O) groups excluding carboxylic acids is 1. The number of allylic oxidation sites excluding steroid dienone is 4. The first-order valence-electron chi connectivity index (χ1n) is 19.3. The third-order valence-electron chi connectivity index (χ3n) is 11.9. The van der Waals surface area contributed by atoms with Gasteiger partial charge in [0, 0.05) is 85.0 Å². The zero-order chi connectivity index (χ0) is 43.5. The van der Waals surface area contributed by atoms with Crippen LogP contribution >= 0.6 is 24.9 Å². The zero-order valence-corrected chi connectivity index (χ0v) is 36.8. The molecule has 2 saturated heterocycles. The van der Waals surface area contributed by atoms with E-state index >= 15 is 0 Å². The number of benzene rings is 2. The molecule has 1 amide bonds. The van der Waals surface area contributed by atoms with Crippen molar-refractivity contribution >= 4 is 78.2 Å². The van der Waals surface area contributed by atoms with Gasteiger partial charge < -0.3 is 28.5 Å². The lowest BCUT2D eigenvalue weighted by Gasteiger charge is -2.41. The number of amides is 1. The van der Waals surface area contributed by atoms with Crippen LogP contribution in [-0.4, -0.2) is 116 Å². The summed E-state index contributed by atoms with van der Waals surface area (Å²) in [6.07, 6.45) is 9.68. The largest absolute Gasteiger partial charge is 0.747 e. The lowest BCUT2D eigenvalue weighted by Crippen LogP contribution is -2.47. The fourth-order valence-corrected chi connectivity index (χ4v) is 11.7. The third-order valence-corrected chi connectivity index (χ3v) is 14.9. The zero-order valence-electron chi connectivity index (χ0n) is 32.7. The summed E-state index contributed by atoms with van der Waals surface area (Å²) >= 11 is 4.58. The van der Waals surface area contributed by atoms with Crippen LogP contribution in [0.15, 0.2) is 70.1 Å². The van der Waals surface area contributed by atoms with Gasteiger partial charge in [0.15, 0.2) is 5.71 Å². The second-order valence-electron chi connectivity index (χ2n) is 15.3. The fourth-order valence-electron chi connectivity index (χ4n) is 9.31. The lowest BCUT2D eigenvalue weighted by molar-refractivity contribution is -0.777. The van der Waals surface area contributed by atoms with Gasteiger partial charge in [-0.05, 0) is 87.4 Å². The standard InChI is InChI=1S/C37H49N5O13S5.3CH4/c1-2-41-31-13-11-28(60(51,52)53)24-30(31)37(16-21-40(22-17-37)26-59(48,49)50)33(41)7-6-8-34-36(14-19-39(20-15-36)25-58(45,46)47)29-23-27(57-55-54-44)10-12-32(29)42(34)18-5-3-4-9-35(43)38-56;;;/h6-8,10-13,23-24H,2-5,9,14-22,25-26H2,1H3,(H5-,38,43,44,45,46,47,48,49,50,51,52,53,56);3*1H4/p-3. The van der Waals surface area contributed by atoms with Gasteiger partial charge in [0.1, 0.15) is 36.9 Å². The van der Waals surface area contributed by atoms with Crippen molar-refractivity contribution in [3.05, 3.63) is 71.5 Å². The van der Waals surface area contributed by atoms with Gasteiger partial charge in [-0.15, -0.1) is 0 Å². The number of nitrogens with one attached hydrogen (secondary N) is 1. The molecule has 63 heavy (non-hydrogen) atoms. The second kappa shape index (κ2) is 22.1. The minimum Gasteiger partial charge on any atom is -0.747 e. The number of likely N-dealkylation sites (N-methyl/N-ethyl adjacent to an activating group) is 1. The number of piperidine rings is 2. The molecule has 4 heterocycles. The Bertz CT molecular complexity index is 2380. The molecular weight excluding hydrogens is 919 g/mol. The predicted octanol–water partition coefficient (Wildman–Crippen LogP) is 4.00. The molecule has 6 rings (SSSR count). The van der Waals surface area contributed by atoms with E-state index in [0.717, 1.165) is 41.1 Å². The minimum atomic E-state index is -4.82. The topological polar surface area (TPSA) is 255 Å². The molecule has 2 spiro atoms. The van der Waals surface area contributed by atoms with E-state index in [1.54, 1.807) is 21.9 Å². The summed E-state index contributed by atoms with van der Waals surface area (Å²) in [5, 5.41) is 14.4. The molecule has 1 N–H and O–H groups in total. The van der Waals surface area contributed by atoms with Crippen LogP contribution in [0.2, 0.25) is 0 Å². The molecule has 0 bridgehead atoms. The van der Waals surface area contributed by atoms with E-state index in [-0.39, 0.29) is 59.3 Å². The van der Waals surface area contributed by atoms with Crippen molar-refractivity contribution in [1.82, 2.24) is 14.5 Å². The number of hydrogen-bond donors (Lipinski definition) is 2. The smallest absolute Gasteiger partial charge is 0.229 e. The highest BCUT2D eigenvalue weighted by Crippen LogP contribution is 2.54. The van der Waals surface area contributed by atoms with Crippen molar-refractivity contribution in [1.29, 1.82) is 0 Å². The van der Waals surface area contributed by atoms with Gasteiger partial charge in [-0.25, -0.2) is 25.3 Å². The number of carbonyl (C=O) groups is 1. The Labute approximate surface area is 382 Å². The number of anilines is 1. The van der Waals surface area contributed by atoms with E-state index in [1.807, 2.05) is 42.2 Å². The molecule has 4 aliphatic rings. The first kappa shape index (κ1) is 54.4. The maximum Gasteiger partial charge on any atom is 0.229 e. The van der Waals surface area contributed by atoms with Crippen LogP contribution in [0.25, 0.3) is 0 Å². The Balaban J connectivity index is 0.00000352. The normalized spacial score (nSPS) is 19.2. The monoisotopic (exact) mass is 976 g/mol. The quantitative estimate of drug-likeness (QED) is 0.0432. The lowest BCUT2D eigenvalue weighted by atomic mass is 9.70. The molecule has 18 nitrogen and oxygen atoms in total. The number of rotatable bonds is 17. The van der Waals surface area contributed by atoms with Crippen LogP contribution in [-0.2, 0) is 55.4 Å². The summed E-state index contributed by atoms with van der Waals surface area (Å²) in [6.45, 7) is 3.93. The Morgan fingerprint density at radius 3 is 2.00 bits per heavy atom. The van der Waals surface area contributed by atoms with Crippen molar-refractivity contribution in [3.63, 3.8) is 0 Å². The average molecular weight is 977 g/mol. The molecule has 2 aromatic carbocycles. The fraction of sp³-hybridized carbons (Fsp3) is 0.550. The Kier molecular flexibility index (Phi) is 19.0. The number of thiol groups is 1. The molecule has 0 radical (unpaired) electrons. The minimum absolute atomic E-state index is 0. The van der Waals surface area contributed by atoms with Crippen molar-refractivity contribution in [2.45, 2.75) is 101 Å².